The van der Waals surface area contributed by atoms with Crippen molar-refractivity contribution in [2.45, 2.75) is 26.2 Å². The minimum atomic E-state index is -0.358. The van der Waals surface area contributed by atoms with Gasteiger partial charge in [-0.15, -0.1) is 0 Å². The van der Waals surface area contributed by atoms with Gasteiger partial charge in [0, 0.05) is 37.8 Å². The van der Waals surface area contributed by atoms with Crippen molar-refractivity contribution in [3.05, 3.63) is 69.8 Å². The van der Waals surface area contributed by atoms with Crippen molar-refractivity contribution < 1.29 is 9.72 Å². The Balaban J connectivity index is 1.67. The highest BCUT2D eigenvalue weighted by Crippen LogP contribution is 2.28. The van der Waals surface area contributed by atoms with Crippen LogP contribution in [-0.2, 0) is 5.41 Å². The Kier molecular flexibility index (Phi) is 5.17. The Bertz CT molecular complexity index is 832. The molecular formula is C21H25N3O3. The van der Waals surface area contributed by atoms with Crippen molar-refractivity contribution in [3.8, 4) is 0 Å². The predicted molar refractivity (Wildman–Crippen MR) is 106 cm³/mol. The van der Waals surface area contributed by atoms with E-state index < -0.39 is 0 Å². The summed E-state index contributed by atoms with van der Waals surface area (Å²) in [5.41, 5.74) is 2.65. The summed E-state index contributed by atoms with van der Waals surface area (Å²) in [4.78, 5) is 27.4. The molecule has 6 heteroatoms. The number of para-hydroxylation sites is 2. The lowest BCUT2D eigenvalue weighted by Crippen LogP contribution is -2.49. The Hall–Kier alpha value is -2.89. The Morgan fingerprint density at radius 1 is 0.963 bits per heavy atom. The summed E-state index contributed by atoms with van der Waals surface area (Å²) >= 11 is 0. The number of hydrogen-bond acceptors (Lipinski definition) is 4. The van der Waals surface area contributed by atoms with E-state index in [9.17, 15) is 14.9 Å². The molecule has 0 bridgehead atoms. The largest absolute Gasteiger partial charge is 0.362 e. The molecular weight excluding hydrogens is 342 g/mol. The molecule has 0 aromatic heterocycles. The summed E-state index contributed by atoms with van der Waals surface area (Å²) in [6.07, 6.45) is 0. The zero-order chi connectivity index (χ0) is 19.6. The lowest BCUT2D eigenvalue weighted by molar-refractivity contribution is -0.384. The maximum Gasteiger partial charge on any atom is 0.292 e. The molecule has 0 radical (unpaired) electrons. The quantitative estimate of drug-likeness (QED) is 0.610. The number of benzene rings is 2. The number of nitro groups is 1. The van der Waals surface area contributed by atoms with Gasteiger partial charge >= 0.3 is 0 Å². The fourth-order valence-corrected chi connectivity index (χ4v) is 3.33. The summed E-state index contributed by atoms with van der Waals surface area (Å²) in [6, 6.07) is 14.5. The van der Waals surface area contributed by atoms with E-state index in [4.69, 9.17) is 0 Å². The molecule has 1 fully saturated rings. The van der Waals surface area contributed by atoms with Crippen molar-refractivity contribution in [3.63, 3.8) is 0 Å². The van der Waals surface area contributed by atoms with Gasteiger partial charge in [-0.3, -0.25) is 14.9 Å². The van der Waals surface area contributed by atoms with Gasteiger partial charge in [0.05, 0.1) is 4.92 Å². The second-order valence-electron chi connectivity index (χ2n) is 7.85. The molecule has 2 aromatic carbocycles. The van der Waals surface area contributed by atoms with Gasteiger partial charge in [-0.1, -0.05) is 45.0 Å². The van der Waals surface area contributed by atoms with E-state index in [-0.39, 0.29) is 21.9 Å². The first kappa shape index (κ1) is 18.9. The number of hydrogen-bond donors (Lipinski definition) is 0. The van der Waals surface area contributed by atoms with Gasteiger partial charge in [-0.2, -0.15) is 0 Å². The molecule has 0 atom stereocenters. The smallest absolute Gasteiger partial charge is 0.292 e. The van der Waals surface area contributed by atoms with Gasteiger partial charge in [-0.25, -0.2) is 0 Å². The normalized spacial score (nSPS) is 14.9. The Morgan fingerprint density at radius 3 is 2.11 bits per heavy atom. The monoisotopic (exact) mass is 367 g/mol. The third-order valence-corrected chi connectivity index (χ3v) is 4.98. The van der Waals surface area contributed by atoms with Gasteiger partial charge in [0.25, 0.3) is 11.6 Å². The Morgan fingerprint density at radius 2 is 1.56 bits per heavy atom. The molecule has 1 heterocycles. The van der Waals surface area contributed by atoms with E-state index >= 15 is 0 Å². The topological polar surface area (TPSA) is 66.7 Å². The number of carbonyl (C=O) groups is 1. The van der Waals surface area contributed by atoms with E-state index in [0.29, 0.717) is 37.4 Å². The molecule has 1 aliphatic heterocycles. The average Bonchev–Trinajstić information content (AvgIpc) is 2.67. The molecule has 3 rings (SSSR count). The number of rotatable bonds is 3. The number of amides is 1. The first-order valence-corrected chi connectivity index (χ1v) is 9.15. The molecule has 142 valence electrons. The van der Waals surface area contributed by atoms with Crippen molar-refractivity contribution in [1.82, 2.24) is 4.90 Å². The first-order chi connectivity index (χ1) is 12.8. The van der Waals surface area contributed by atoms with Crippen molar-refractivity contribution in [2.24, 2.45) is 0 Å². The van der Waals surface area contributed by atoms with Crippen LogP contribution in [0, 0.1) is 10.1 Å². The van der Waals surface area contributed by atoms with E-state index in [1.54, 1.807) is 18.2 Å². The van der Waals surface area contributed by atoms with E-state index in [1.807, 2.05) is 34.1 Å². The molecule has 6 nitrogen and oxygen atoms in total. The lowest BCUT2D eigenvalue weighted by atomic mass is 9.86. The fourth-order valence-electron chi connectivity index (χ4n) is 3.33. The molecule has 1 amide bonds. The van der Waals surface area contributed by atoms with E-state index in [0.717, 1.165) is 0 Å². The molecule has 27 heavy (non-hydrogen) atoms. The SMILES string of the molecule is CC(C)(C)c1ccc(C(=O)N2CCN(c3ccccc3[N+](=O)[O-])CC2)cc1. The summed E-state index contributed by atoms with van der Waals surface area (Å²) in [7, 11) is 0. The third kappa shape index (κ3) is 4.10. The Labute approximate surface area is 159 Å². The highest BCUT2D eigenvalue weighted by atomic mass is 16.6. The van der Waals surface area contributed by atoms with Crippen LogP contribution in [0.15, 0.2) is 48.5 Å². The van der Waals surface area contributed by atoms with E-state index in [2.05, 4.69) is 20.8 Å². The molecule has 2 aromatic rings. The lowest BCUT2D eigenvalue weighted by Gasteiger charge is -2.35. The number of nitro benzene ring substituents is 1. The maximum atomic E-state index is 12.8. The van der Waals surface area contributed by atoms with Crippen LogP contribution in [0.4, 0.5) is 11.4 Å². The van der Waals surface area contributed by atoms with Crippen LogP contribution in [0.3, 0.4) is 0 Å². The minimum Gasteiger partial charge on any atom is -0.362 e. The molecule has 0 N–H and O–H groups in total. The molecule has 1 aliphatic rings. The van der Waals surface area contributed by atoms with Gasteiger partial charge in [0.1, 0.15) is 5.69 Å². The molecule has 0 spiro atoms. The summed E-state index contributed by atoms with van der Waals surface area (Å²) in [5.74, 6) is 0.0117. The fraction of sp³-hybridized carbons (Fsp3) is 0.381. The van der Waals surface area contributed by atoms with Gasteiger partial charge in [0.2, 0.25) is 0 Å². The highest BCUT2D eigenvalue weighted by molar-refractivity contribution is 5.94. The summed E-state index contributed by atoms with van der Waals surface area (Å²) in [5, 5.41) is 11.2. The van der Waals surface area contributed by atoms with Crippen molar-refractivity contribution in [2.75, 3.05) is 31.1 Å². The summed E-state index contributed by atoms with van der Waals surface area (Å²) < 4.78 is 0. The average molecular weight is 367 g/mol. The van der Waals surface area contributed by atoms with Crippen LogP contribution in [-0.4, -0.2) is 41.9 Å². The molecule has 1 saturated heterocycles. The molecule has 0 aliphatic carbocycles. The summed E-state index contributed by atoms with van der Waals surface area (Å²) in [6.45, 7) is 8.69. The highest BCUT2D eigenvalue weighted by Gasteiger charge is 2.26. The van der Waals surface area contributed by atoms with Crippen LogP contribution in [0.2, 0.25) is 0 Å². The van der Waals surface area contributed by atoms with Gasteiger partial charge in [0.15, 0.2) is 0 Å². The van der Waals surface area contributed by atoms with Crippen LogP contribution in [0.5, 0.6) is 0 Å². The zero-order valence-electron chi connectivity index (χ0n) is 16.0. The van der Waals surface area contributed by atoms with Crippen LogP contribution < -0.4 is 4.90 Å². The number of anilines is 1. The van der Waals surface area contributed by atoms with Crippen LogP contribution in [0.25, 0.3) is 0 Å². The van der Waals surface area contributed by atoms with Gasteiger partial charge < -0.3 is 9.80 Å². The first-order valence-electron chi connectivity index (χ1n) is 9.15. The number of carbonyl (C=O) groups excluding carboxylic acids is 1. The second kappa shape index (κ2) is 7.39. The maximum absolute atomic E-state index is 12.8. The van der Waals surface area contributed by atoms with Crippen LogP contribution >= 0.6 is 0 Å². The minimum absolute atomic E-state index is 0.0117. The molecule has 0 saturated carbocycles. The van der Waals surface area contributed by atoms with Crippen LogP contribution in [0.1, 0.15) is 36.7 Å². The third-order valence-electron chi connectivity index (χ3n) is 4.98. The van der Waals surface area contributed by atoms with Gasteiger partial charge in [-0.05, 0) is 29.2 Å². The second-order valence-corrected chi connectivity index (χ2v) is 7.85. The van der Waals surface area contributed by atoms with Crippen molar-refractivity contribution >= 4 is 17.3 Å². The molecule has 0 unspecified atom stereocenters. The van der Waals surface area contributed by atoms with E-state index in [1.165, 1.54) is 11.6 Å². The number of nitrogens with zero attached hydrogens (tertiary/aromatic N) is 3. The zero-order valence-corrected chi connectivity index (χ0v) is 16.0. The standard InChI is InChI=1S/C21H25N3O3/c1-21(2,3)17-10-8-16(9-11-17)20(25)23-14-12-22(13-15-23)18-6-4-5-7-19(18)24(26)27/h4-11H,12-15H2,1-3H3. The predicted octanol–water partition coefficient (Wildman–Crippen LogP) is 3.85. The number of piperazine rings is 1. The van der Waals surface area contributed by atoms with Crippen molar-refractivity contribution in [1.29, 1.82) is 0 Å².